The maximum atomic E-state index is 11.8. The SMILES string of the molecule is CCCS(=O)(=O)CCN1CCC(=O)c2ccccc21. The fourth-order valence-electron chi connectivity index (χ4n) is 2.37. The Labute approximate surface area is 114 Å². The maximum absolute atomic E-state index is 11.8. The van der Waals surface area contributed by atoms with Gasteiger partial charge in [0.2, 0.25) is 0 Å². The Morgan fingerprint density at radius 3 is 2.68 bits per heavy atom. The molecule has 2 rings (SSSR count). The normalized spacial score (nSPS) is 15.4. The van der Waals surface area contributed by atoms with Crippen molar-refractivity contribution < 1.29 is 13.2 Å². The van der Waals surface area contributed by atoms with Gasteiger partial charge in [0.1, 0.15) is 0 Å². The number of carbonyl (C=O) groups is 1. The van der Waals surface area contributed by atoms with Crippen LogP contribution in [0.25, 0.3) is 0 Å². The second-order valence-electron chi connectivity index (χ2n) is 4.83. The van der Waals surface area contributed by atoms with Crippen LogP contribution >= 0.6 is 0 Å². The van der Waals surface area contributed by atoms with Crippen LogP contribution in [-0.4, -0.2) is 38.8 Å². The van der Waals surface area contributed by atoms with Crippen LogP contribution in [-0.2, 0) is 9.84 Å². The van der Waals surface area contributed by atoms with Crippen molar-refractivity contribution in [2.75, 3.05) is 29.5 Å². The fourth-order valence-corrected chi connectivity index (χ4v) is 3.70. The summed E-state index contributed by atoms with van der Waals surface area (Å²) in [5, 5.41) is 0. The number of fused-ring (bicyclic) bond motifs is 1. The lowest BCUT2D eigenvalue weighted by Gasteiger charge is -2.30. The number of nitrogens with zero attached hydrogens (tertiary/aromatic N) is 1. The van der Waals surface area contributed by atoms with E-state index in [4.69, 9.17) is 0 Å². The van der Waals surface area contributed by atoms with E-state index in [-0.39, 0.29) is 17.3 Å². The quantitative estimate of drug-likeness (QED) is 0.827. The van der Waals surface area contributed by atoms with Crippen molar-refractivity contribution in [3.63, 3.8) is 0 Å². The predicted molar refractivity (Wildman–Crippen MR) is 76.5 cm³/mol. The first-order valence-electron chi connectivity index (χ1n) is 6.61. The van der Waals surface area contributed by atoms with E-state index >= 15 is 0 Å². The number of benzene rings is 1. The molecule has 0 aliphatic carbocycles. The molecule has 0 bridgehead atoms. The van der Waals surface area contributed by atoms with Crippen molar-refractivity contribution >= 4 is 21.3 Å². The van der Waals surface area contributed by atoms with Gasteiger partial charge in [-0.15, -0.1) is 0 Å². The first-order chi connectivity index (χ1) is 9.03. The Morgan fingerprint density at radius 1 is 1.21 bits per heavy atom. The molecule has 1 aliphatic heterocycles. The van der Waals surface area contributed by atoms with E-state index in [1.807, 2.05) is 36.1 Å². The van der Waals surface area contributed by atoms with Gasteiger partial charge in [0.25, 0.3) is 0 Å². The van der Waals surface area contributed by atoms with Crippen LogP contribution in [0.5, 0.6) is 0 Å². The van der Waals surface area contributed by atoms with E-state index in [9.17, 15) is 13.2 Å². The lowest BCUT2D eigenvalue weighted by Crippen LogP contribution is -2.36. The van der Waals surface area contributed by atoms with Gasteiger partial charge in [0.05, 0.1) is 5.75 Å². The summed E-state index contributed by atoms with van der Waals surface area (Å²) in [5.74, 6) is 0.536. The third-order valence-electron chi connectivity index (χ3n) is 3.34. The van der Waals surface area contributed by atoms with E-state index in [0.29, 0.717) is 31.5 Å². The molecular weight excluding hydrogens is 262 g/mol. The number of ketones is 1. The molecule has 0 saturated heterocycles. The molecule has 0 amide bonds. The molecule has 1 aromatic rings. The highest BCUT2D eigenvalue weighted by atomic mass is 32.2. The van der Waals surface area contributed by atoms with Crippen molar-refractivity contribution in [2.24, 2.45) is 0 Å². The smallest absolute Gasteiger partial charge is 0.166 e. The third-order valence-corrected chi connectivity index (χ3v) is 5.18. The molecule has 0 atom stereocenters. The molecule has 1 aromatic carbocycles. The summed E-state index contributed by atoms with van der Waals surface area (Å²) in [6.07, 6.45) is 1.11. The van der Waals surface area contributed by atoms with Gasteiger partial charge in [-0.1, -0.05) is 19.1 Å². The van der Waals surface area contributed by atoms with Crippen LogP contribution in [0.4, 0.5) is 5.69 Å². The van der Waals surface area contributed by atoms with Crippen LogP contribution in [0.3, 0.4) is 0 Å². The molecule has 1 heterocycles. The number of hydrogen-bond donors (Lipinski definition) is 0. The molecule has 0 radical (unpaired) electrons. The largest absolute Gasteiger partial charge is 0.369 e. The Kier molecular flexibility index (Phi) is 4.24. The minimum Gasteiger partial charge on any atom is -0.369 e. The molecule has 0 fully saturated rings. The van der Waals surface area contributed by atoms with Crippen LogP contribution in [0, 0.1) is 0 Å². The summed E-state index contributed by atoms with van der Waals surface area (Å²) in [6, 6.07) is 7.42. The van der Waals surface area contributed by atoms with E-state index < -0.39 is 9.84 Å². The number of para-hydroxylation sites is 1. The van der Waals surface area contributed by atoms with Gasteiger partial charge >= 0.3 is 0 Å². The second kappa shape index (κ2) is 5.74. The Balaban J connectivity index is 2.11. The van der Waals surface area contributed by atoms with Gasteiger partial charge in [-0.05, 0) is 18.6 Å². The van der Waals surface area contributed by atoms with E-state index in [1.165, 1.54) is 0 Å². The van der Waals surface area contributed by atoms with Gasteiger partial charge in [-0.25, -0.2) is 8.42 Å². The number of rotatable bonds is 5. The zero-order chi connectivity index (χ0) is 13.9. The number of sulfone groups is 1. The Bertz CT molecular complexity index is 566. The van der Waals surface area contributed by atoms with Gasteiger partial charge in [0.15, 0.2) is 15.6 Å². The molecule has 0 spiro atoms. The zero-order valence-electron chi connectivity index (χ0n) is 11.1. The number of Topliss-reactive ketones (excluding diaryl/α,β-unsaturated/α-hetero) is 1. The molecule has 0 aromatic heterocycles. The summed E-state index contributed by atoms with van der Waals surface area (Å²) in [5.41, 5.74) is 1.58. The summed E-state index contributed by atoms with van der Waals surface area (Å²) in [7, 11) is -2.97. The Morgan fingerprint density at radius 2 is 1.95 bits per heavy atom. The van der Waals surface area contributed by atoms with E-state index in [1.54, 1.807) is 0 Å². The standard InChI is InChI=1S/C14H19NO3S/c1-2-10-19(17,18)11-9-15-8-7-14(16)12-5-3-4-6-13(12)15/h3-6H,2,7-11H2,1H3. The van der Waals surface area contributed by atoms with E-state index in [0.717, 1.165) is 5.69 Å². The number of anilines is 1. The van der Waals surface area contributed by atoms with Crippen LogP contribution in [0.1, 0.15) is 30.1 Å². The van der Waals surface area contributed by atoms with Crippen molar-refractivity contribution in [2.45, 2.75) is 19.8 Å². The van der Waals surface area contributed by atoms with Crippen molar-refractivity contribution in [3.05, 3.63) is 29.8 Å². The van der Waals surface area contributed by atoms with Gasteiger partial charge in [-0.3, -0.25) is 4.79 Å². The van der Waals surface area contributed by atoms with Gasteiger partial charge < -0.3 is 4.90 Å². The summed E-state index contributed by atoms with van der Waals surface area (Å²) in [4.78, 5) is 13.8. The monoisotopic (exact) mass is 281 g/mol. The lowest BCUT2D eigenvalue weighted by molar-refractivity contribution is 0.0980. The number of hydrogen-bond acceptors (Lipinski definition) is 4. The zero-order valence-corrected chi connectivity index (χ0v) is 11.9. The van der Waals surface area contributed by atoms with Gasteiger partial charge in [0, 0.05) is 36.5 Å². The van der Waals surface area contributed by atoms with Crippen molar-refractivity contribution in [1.29, 1.82) is 0 Å². The second-order valence-corrected chi connectivity index (χ2v) is 7.13. The number of carbonyl (C=O) groups excluding carboxylic acids is 1. The van der Waals surface area contributed by atoms with Crippen LogP contribution < -0.4 is 4.90 Å². The van der Waals surface area contributed by atoms with E-state index in [2.05, 4.69) is 0 Å². The fraction of sp³-hybridized carbons (Fsp3) is 0.500. The molecule has 0 saturated carbocycles. The average Bonchev–Trinajstić information content (AvgIpc) is 2.38. The average molecular weight is 281 g/mol. The molecule has 4 nitrogen and oxygen atoms in total. The minimum atomic E-state index is -2.97. The molecule has 1 aliphatic rings. The first kappa shape index (κ1) is 14.1. The topological polar surface area (TPSA) is 54.5 Å². The molecule has 104 valence electrons. The molecule has 5 heteroatoms. The van der Waals surface area contributed by atoms with Crippen molar-refractivity contribution in [1.82, 2.24) is 0 Å². The molecule has 0 unspecified atom stereocenters. The third kappa shape index (κ3) is 3.35. The lowest BCUT2D eigenvalue weighted by atomic mass is 10.0. The first-order valence-corrected chi connectivity index (χ1v) is 8.43. The van der Waals surface area contributed by atoms with Gasteiger partial charge in [-0.2, -0.15) is 0 Å². The highest BCUT2D eigenvalue weighted by Crippen LogP contribution is 2.26. The highest BCUT2D eigenvalue weighted by Gasteiger charge is 2.23. The predicted octanol–water partition coefficient (Wildman–Crippen LogP) is 1.90. The molecular formula is C14H19NO3S. The molecule has 19 heavy (non-hydrogen) atoms. The molecule has 0 N–H and O–H groups in total. The maximum Gasteiger partial charge on any atom is 0.166 e. The highest BCUT2D eigenvalue weighted by molar-refractivity contribution is 7.91. The summed E-state index contributed by atoms with van der Waals surface area (Å²) < 4.78 is 23.5. The summed E-state index contributed by atoms with van der Waals surface area (Å²) in [6.45, 7) is 2.94. The van der Waals surface area contributed by atoms with Crippen molar-refractivity contribution in [3.8, 4) is 0 Å². The van der Waals surface area contributed by atoms with Crippen LogP contribution in [0.2, 0.25) is 0 Å². The van der Waals surface area contributed by atoms with Crippen LogP contribution in [0.15, 0.2) is 24.3 Å². The summed E-state index contributed by atoms with van der Waals surface area (Å²) >= 11 is 0. The Hall–Kier alpha value is -1.36. The minimum absolute atomic E-state index is 0.142.